The predicted octanol–water partition coefficient (Wildman–Crippen LogP) is 4.86. The standard InChI is InChI=1S/C15H14BrClFN/c1-9-3-4-11(8-14(9)18)15(19-2)10-5-6-13(17)12(16)7-10/h3-8,15,19H,1-2H3. The maximum atomic E-state index is 13.7. The van der Waals surface area contributed by atoms with E-state index < -0.39 is 0 Å². The Hall–Kier alpha value is -0.900. The quantitative estimate of drug-likeness (QED) is 0.840. The molecule has 1 atom stereocenters. The zero-order valence-corrected chi connectivity index (χ0v) is 13.0. The molecule has 2 rings (SSSR count). The van der Waals surface area contributed by atoms with Crippen molar-refractivity contribution in [2.24, 2.45) is 0 Å². The van der Waals surface area contributed by atoms with Gasteiger partial charge in [-0.1, -0.05) is 29.8 Å². The Labute approximate surface area is 125 Å². The van der Waals surface area contributed by atoms with Crippen LogP contribution in [0.4, 0.5) is 4.39 Å². The minimum atomic E-state index is -0.189. The SMILES string of the molecule is CNC(c1ccc(C)c(F)c1)c1ccc(Cl)c(Br)c1. The van der Waals surface area contributed by atoms with Crippen LogP contribution in [-0.2, 0) is 0 Å². The number of halogens is 3. The Morgan fingerprint density at radius 3 is 2.37 bits per heavy atom. The monoisotopic (exact) mass is 341 g/mol. The second kappa shape index (κ2) is 6.04. The highest BCUT2D eigenvalue weighted by atomic mass is 79.9. The fourth-order valence-electron chi connectivity index (χ4n) is 2.01. The fourth-order valence-corrected chi connectivity index (χ4v) is 2.52. The highest BCUT2D eigenvalue weighted by Crippen LogP contribution is 2.29. The van der Waals surface area contributed by atoms with E-state index in [-0.39, 0.29) is 11.9 Å². The molecular formula is C15H14BrClFN. The third-order valence-electron chi connectivity index (χ3n) is 3.09. The first-order valence-electron chi connectivity index (χ1n) is 5.91. The summed E-state index contributed by atoms with van der Waals surface area (Å²) in [5, 5.41) is 3.86. The lowest BCUT2D eigenvalue weighted by atomic mass is 9.98. The Morgan fingerprint density at radius 2 is 1.79 bits per heavy atom. The molecule has 0 aliphatic rings. The second-order valence-corrected chi connectivity index (χ2v) is 5.67. The van der Waals surface area contributed by atoms with E-state index in [1.165, 1.54) is 0 Å². The molecule has 19 heavy (non-hydrogen) atoms. The number of rotatable bonds is 3. The third-order valence-corrected chi connectivity index (χ3v) is 4.31. The minimum Gasteiger partial charge on any atom is -0.309 e. The summed E-state index contributed by atoms with van der Waals surface area (Å²) < 4.78 is 14.5. The molecule has 0 radical (unpaired) electrons. The molecule has 0 saturated carbocycles. The molecule has 0 aromatic heterocycles. The first-order valence-corrected chi connectivity index (χ1v) is 7.08. The zero-order chi connectivity index (χ0) is 14.0. The molecule has 0 spiro atoms. The molecule has 0 fully saturated rings. The van der Waals surface area contributed by atoms with Crippen LogP contribution in [-0.4, -0.2) is 7.05 Å². The molecular weight excluding hydrogens is 329 g/mol. The van der Waals surface area contributed by atoms with Crippen molar-refractivity contribution in [3.63, 3.8) is 0 Å². The van der Waals surface area contributed by atoms with Gasteiger partial charge >= 0.3 is 0 Å². The summed E-state index contributed by atoms with van der Waals surface area (Å²) in [6, 6.07) is 10.9. The van der Waals surface area contributed by atoms with Crippen LogP contribution in [0.25, 0.3) is 0 Å². The Bertz CT molecular complexity index is 549. The van der Waals surface area contributed by atoms with E-state index in [1.54, 1.807) is 19.1 Å². The summed E-state index contributed by atoms with van der Waals surface area (Å²) in [7, 11) is 1.85. The summed E-state index contributed by atoms with van der Waals surface area (Å²) in [4.78, 5) is 0. The summed E-state index contributed by atoms with van der Waals surface area (Å²) in [6.45, 7) is 1.76. The Morgan fingerprint density at radius 1 is 1.16 bits per heavy atom. The number of aryl methyl sites for hydroxylation is 1. The molecule has 1 nitrogen and oxygen atoms in total. The molecule has 100 valence electrons. The van der Waals surface area contributed by atoms with E-state index in [4.69, 9.17) is 11.6 Å². The first kappa shape index (κ1) is 14.5. The molecule has 0 amide bonds. The van der Waals surface area contributed by atoms with Crippen molar-refractivity contribution < 1.29 is 4.39 Å². The molecule has 2 aromatic rings. The summed E-state index contributed by atoms with van der Waals surface area (Å²) in [5.74, 6) is -0.189. The normalized spacial score (nSPS) is 12.5. The van der Waals surface area contributed by atoms with Crippen molar-refractivity contribution in [1.82, 2.24) is 5.32 Å². The zero-order valence-electron chi connectivity index (χ0n) is 10.7. The van der Waals surface area contributed by atoms with Crippen LogP contribution >= 0.6 is 27.5 Å². The highest BCUT2D eigenvalue weighted by Gasteiger charge is 2.14. The Kier molecular flexibility index (Phi) is 4.61. The largest absolute Gasteiger partial charge is 0.309 e. The van der Waals surface area contributed by atoms with Crippen molar-refractivity contribution >= 4 is 27.5 Å². The van der Waals surface area contributed by atoms with Crippen LogP contribution in [0.1, 0.15) is 22.7 Å². The molecule has 0 saturated heterocycles. The summed E-state index contributed by atoms with van der Waals surface area (Å²) >= 11 is 9.40. The molecule has 0 heterocycles. The summed E-state index contributed by atoms with van der Waals surface area (Å²) in [5.41, 5.74) is 2.57. The van der Waals surface area contributed by atoms with Gasteiger partial charge < -0.3 is 5.32 Å². The van der Waals surface area contributed by atoms with Gasteiger partial charge in [-0.2, -0.15) is 0 Å². The Balaban J connectivity index is 2.43. The van der Waals surface area contributed by atoms with Gasteiger partial charge in [0.1, 0.15) is 5.82 Å². The van der Waals surface area contributed by atoms with Gasteiger partial charge in [-0.15, -0.1) is 0 Å². The number of benzene rings is 2. The van der Waals surface area contributed by atoms with E-state index in [0.717, 1.165) is 15.6 Å². The average Bonchev–Trinajstić information content (AvgIpc) is 2.39. The van der Waals surface area contributed by atoms with Gasteiger partial charge in [0, 0.05) is 4.47 Å². The average molecular weight is 343 g/mol. The lowest BCUT2D eigenvalue weighted by molar-refractivity contribution is 0.608. The van der Waals surface area contributed by atoms with Crippen molar-refractivity contribution in [1.29, 1.82) is 0 Å². The number of nitrogens with one attached hydrogen (secondary N) is 1. The van der Waals surface area contributed by atoms with Gasteiger partial charge in [-0.05, 0) is 64.8 Å². The lowest BCUT2D eigenvalue weighted by Crippen LogP contribution is -2.18. The minimum absolute atomic E-state index is 0.0660. The van der Waals surface area contributed by atoms with Crippen LogP contribution in [0.15, 0.2) is 40.9 Å². The highest BCUT2D eigenvalue weighted by molar-refractivity contribution is 9.10. The maximum Gasteiger partial charge on any atom is 0.126 e. The van der Waals surface area contributed by atoms with Crippen LogP contribution < -0.4 is 5.32 Å². The van der Waals surface area contributed by atoms with E-state index in [1.807, 2.05) is 31.3 Å². The molecule has 0 bridgehead atoms. The van der Waals surface area contributed by atoms with Crippen molar-refractivity contribution in [2.45, 2.75) is 13.0 Å². The van der Waals surface area contributed by atoms with Crippen LogP contribution in [0.5, 0.6) is 0 Å². The molecule has 2 aromatic carbocycles. The van der Waals surface area contributed by atoms with Gasteiger partial charge in [0.15, 0.2) is 0 Å². The van der Waals surface area contributed by atoms with Crippen molar-refractivity contribution in [2.75, 3.05) is 7.05 Å². The van der Waals surface area contributed by atoms with Gasteiger partial charge in [0.05, 0.1) is 11.1 Å². The molecule has 0 aliphatic heterocycles. The van der Waals surface area contributed by atoms with E-state index in [2.05, 4.69) is 21.2 Å². The maximum absolute atomic E-state index is 13.7. The molecule has 1 unspecified atom stereocenters. The van der Waals surface area contributed by atoms with Crippen molar-refractivity contribution in [3.8, 4) is 0 Å². The lowest BCUT2D eigenvalue weighted by Gasteiger charge is -2.18. The number of hydrogen-bond acceptors (Lipinski definition) is 1. The molecule has 1 N–H and O–H groups in total. The van der Waals surface area contributed by atoms with E-state index in [9.17, 15) is 4.39 Å². The summed E-state index contributed by atoms with van der Waals surface area (Å²) in [6.07, 6.45) is 0. The predicted molar refractivity (Wildman–Crippen MR) is 81.2 cm³/mol. The van der Waals surface area contributed by atoms with Gasteiger partial charge in [0.25, 0.3) is 0 Å². The van der Waals surface area contributed by atoms with E-state index in [0.29, 0.717) is 10.6 Å². The smallest absolute Gasteiger partial charge is 0.126 e. The van der Waals surface area contributed by atoms with Crippen LogP contribution in [0.2, 0.25) is 5.02 Å². The van der Waals surface area contributed by atoms with Crippen LogP contribution in [0, 0.1) is 12.7 Å². The second-order valence-electron chi connectivity index (χ2n) is 4.40. The topological polar surface area (TPSA) is 12.0 Å². The van der Waals surface area contributed by atoms with Crippen LogP contribution in [0.3, 0.4) is 0 Å². The van der Waals surface area contributed by atoms with E-state index >= 15 is 0 Å². The number of hydrogen-bond donors (Lipinski definition) is 1. The van der Waals surface area contributed by atoms with Crippen molar-refractivity contribution in [3.05, 3.63) is 68.4 Å². The van der Waals surface area contributed by atoms with Gasteiger partial charge in [0.2, 0.25) is 0 Å². The van der Waals surface area contributed by atoms with Gasteiger partial charge in [-0.25, -0.2) is 4.39 Å². The third kappa shape index (κ3) is 3.16. The first-order chi connectivity index (χ1) is 9.02. The van der Waals surface area contributed by atoms with Gasteiger partial charge in [-0.3, -0.25) is 0 Å². The molecule has 0 aliphatic carbocycles. The molecule has 4 heteroatoms. The fraction of sp³-hybridized carbons (Fsp3) is 0.200.